The lowest BCUT2D eigenvalue weighted by molar-refractivity contribution is -0.116. The molecular formula is C19H16Cl2N4O2S. The minimum absolute atomic E-state index is 0.00443. The molecule has 0 bridgehead atoms. The fourth-order valence-corrected chi connectivity index (χ4v) is 4.44. The molecule has 9 heteroatoms. The van der Waals surface area contributed by atoms with E-state index in [1.165, 1.54) is 11.8 Å². The van der Waals surface area contributed by atoms with Gasteiger partial charge in [-0.25, -0.2) is 4.98 Å². The van der Waals surface area contributed by atoms with Crippen molar-refractivity contribution in [2.24, 2.45) is 0 Å². The number of carbonyl (C=O) groups excluding carboxylic acids is 1. The van der Waals surface area contributed by atoms with Gasteiger partial charge in [0, 0.05) is 11.6 Å². The maximum Gasteiger partial charge on any atom is 0.240 e. The van der Waals surface area contributed by atoms with Gasteiger partial charge in [0.15, 0.2) is 5.82 Å². The molecule has 0 saturated carbocycles. The summed E-state index contributed by atoms with van der Waals surface area (Å²) in [5.74, 6) is 1.18. The van der Waals surface area contributed by atoms with E-state index in [4.69, 9.17) is 27.9 Å². The van der Waals surface area contributed by atoms with Crippen LogP contribution >= 0.6 is 35.0 Å². The van der Waals surface area contributed by atoms with Crippen molar-refractivity contribution in [3.63, 3.8) is 0 Å². The van der Waals surface area contributed by atoms with Crippen LogP contribution in [0.1, 0.15) is 6.42 Å². The third-order valence-electron chi connectivity index (χ3n) is 4.43. The van der Waals surface area contributed by atoms with Crippen LogP contribution in [0.5, 0.6) is 5.75 Å². The molecule has 0 aliphatic carbocycles. The molecule has 144 valence electrons. The van der Waals surface area contributed by atoms with Gasteiger partial charge >= 0.3 is 0 Å². The summed E-state index contributed by atoms with van der Waals surface area (Å²) in [6.07, 6.45) is 0.694. The number of amides is 1. The zero-order valence-corrected chi connectivity index (χ0v) is 17.2. The lowest BCUT2D eigenvalue weighted by Crippen LogP contribution is -2.28. The lowest BCUT2D eigenvalue weighted by Gasteiger charge is -2.17. The Balaban J connectivity index is 1.52. The van der Waals surface area contributed by atoms with Crippen LogP contribution in [-0.4, -0.2) is 40.0 Å². The van der Waals surface area contributed by atoms with E-state index in [1.54, 1.807) is 36.3 Å². The summed E-state index contributed by atoms with van der Waals surface area (Å²) >= 11 is 13.7. The molecule has 28 heavy (non-hydrogen) atoms. The van der Waals surface area contributed by atoms with Crippen LogP contribution in [0.2, 0.25) is 10.0 Å². The van der Waals surface area contributed by atoms with Gasteiger partial charge in [-0.15, -0.1) is 5.10 Å². The van der Waals surface area contributed by atoms with Gasteiger partial charge in [-0.1, -0.05) is 47.1 Å². The number of carbonyl (C=O) groups is 1. The number of nitrogens with zero attached hydrogens (tertiary/aromatic N) is 3. The summed E-state index contributed by atoms with van der Waals surface area (Å²) < 4.78 is 5.36. The summed E-state index contributed by atoms with van der Waals surface area (Å²) in [6, 6.07) is 12.6. The third-order valence-corrected chi connectivity index (χ3v) is 6.10. The number of thioether (sulfide) groups is 1. The molecule has 1 aromatic heterocycles. The molecule has 1 unspecified atom stereocenters. The first-order chi connectivity index (χ1) is 13.6. The minimum Gasteiger partial charge on any atom is -0.496 e. The van der Waals surface area contributed by atoms with Crippen LogP contribution in [0.25, 0.3) is 11.4 Å². The Labute approximate surface area is 176 Å². The van der Waals surface area contributed by atoms with Gasteiger partial charge in [-0.3, -0.25) is 9.89 Å². The molecule has 1 amide bonds. The molecule has 1 N–H and O–H groups in total. The number of rotatable bonds is 5. The molecule has 1 saturated heterocycles. The predicted octanol–water partition coefficient (Wildman–Crippen LogP) is 4.68. The fourth-order valence-electron chi connectivity index (χ4n) is 3.09. The van der Waals surface area contributed by atoms with E-state index in [2.05, 4.69) is 15.2 Å². The van der Waals surface area contributed by atoms with Crippen LogP contribution in [0.4, 0.5) is 5.69 Å². The molecular weight excluding hydrogens is 419 g/mol. The number of hydrogen-bond acceptors (Lipinski definition) is 5. The van der Waals surface area contributed by atoms with Crippen molar-refractivity contribution in [3.05, 3.63) is 52.5 Å². The van der Waals surface area contributed by atoms with Gasteiger partial charge in [0.1, 0.15) is 5.75 Å². The third kappa shape index (κ3) is 3.70. The quantitative estimate of drug-likeness (QED) is 0.630. The first-order valence-corrected chi connectivity index (χ1v) is 10.2. The Kier molecular flexibility index (Phi) is 5.48. The van der Waals surface area contributed by atoms with Crippen molar-refractivity contribution < 1.29 is 9.53 Å². The molecule has 1 aliphatic heterocycles. The molecule has 1 aliphatic rings. The molecule has 2 aromatic carbocycles. The lowest BCUT2D eigenvalue weighted by atomic mass is 10.2. The SMILES string of the molecule is COc1ccc(Cl)cc1-c1nc(SC2CCN(c3ccccc3Cl)C2=O)n[nH]1. The van der Waals surface area contributed by atoms with Gasteiger partial charge in [-0.05, 0) is 36.8 Å². The second kappa shape index (κ2) is 8.03. The molecule has 1 fully saturated rings. The predicted molar refractivity (Wildman–Crippen MR) is 111 cm³/mol. The van der Waals surface area contributed by atoms with E-state index in [-0.39, 0.29) is 11.2 Å². The van der Waals surface area contributed by atoms with Crippen molar-refractivity contribution >= 4 is 46.6 Å². The highest BCUT2D eigenvalue weighted by Crippen LogP contribution is 2.36. The summed E-state index contributed by atoms with van der Waals surface area (Å²) in [7, 11) is 1.58. The number of H-pyrrole nitrogens is 1. The monoisotopic (exact) mass is 434 g/mol. The van der Waals surface area contributed by atoms with Crippen molar-refractivity contribution in [3.8, 4) is 17.1 Å². The topological polar surface area (TPSA) is 71.1 Å². The van der Waals surface area contributed by atoms with E-state index in [0.717, 1.165) is 5.69 Å². The van der Waals surface area contributed by atoms with Crippen LogP contribution in [0.3, 0.4) is 0 Å². The van der Waals surface area contributed by atoms with E-state index < -0.39 is 0 Å². The van der Waals surface area contributed by atoms with Crippen molar-refractivity contribution in [1.29, 1.82) is 0 Å². The van der Waals surface area contributed by atoms with E-state index >= 15 is 0 Å². The first-order valence-electron chi connectivity index (χ1n) is 8.55. The fraction of sp³-hybridized carbons (Fsp3) is 0.211. The van der Waals surface area contributed by atoms with Gasteiger partial charge in [0.25, 0.3) is 0 Å². The van der Waals surface area contributed by atoms with Gasteiger partial charge < -0.3 is 9.64 Å². The molecule has 4 rings (SSSR count). The highest BCUT2D eigenvalue weighted by atomic mass is 35.5. The van der Waals surface area contributed by atoms with Crippen LogP contribution in [0, 0.1) is 0 Å². The molecule has 6 nitrogen and oxygen atoms in total. The van der Waals surface area contributed by atoms with Crippen molar-refractivity contribution in [1.82, 2.24) is 15.2 Å². The Morgan fingerprint density at radius 2 is 2.07 bits per heavy atom. The summed E-state index contributed by atoms with van der Waals surface area (Å²) in [5.41, 5.74) is 1.45. The zero-order valence-electron chi connectivity index (χ0n) is 14.9. The standard InChI is InChI=1S/C19H16Cl2N4O2S/c1-27-15-7-6-11(20)10-12(15)17-22-19(24-23-17)28-16-8-9-25(18(16)26)14-5-3-2-4-13(14)21/h2-7,10,16H,8-9H2,1H3,(H,22,23,24). The van der Waals surface area contributed by atoms with E-state index in [1.807, 2.05) is 18.2 Å². The van der Waals surface area contributed by atoms with Crippen molar-refractivity contribution in [2.75, 3.05) is 18.6 Å². The van der Waals surface area contributed by atoms with Gasteiger partial charge in [0.05, 0.1) is 28.6 Å². The number of ether oxygens (including phenoxy) is 1. The van der Waals surface area contributed by atoms with Crippen LogP contribution < -0.4 is 9.64 Å². The summed E-state index contributed by atoms with van der Waals surface area (Å²) in [6.45, 7) is 0.611. The number of benzene rings is 2. The molecule has 1 atom stereocenters. The Morgan fingerprint density at radius 3 is 2.86 bits per heavy atom. The Morgan fingerprint density at radius 1 is 1.25 bits per heavy atom. The number of nitrogens with one attached hydrogen (secondary N) is 1. The second-order valence-electron chi connectivity index (χ2n) is 6.15. The maximum atomic E-state index is 12.8. The second-order valence-corrected chi connectivity index (χ2v) is 8.16. The molecule has 3 aromatic rings. The molecule has 2 heterocycles. The van der Waals surface area contributed by atoms with Crippen LogP contribution in [0.15, 0.2) is 47.6 Å². The maximum absolute atomic E-state index is 12.8. The number of aromatic amines is 1. The van der Waals surface area contributed by atoms with Crippen molar-refractivity contribution in [2.45, 2.75) is 16.8 Å². The number of para-hydroxylation sites is 1. The number of halogens is 2. The zero-order chi connectivity index (χ0) is 19.7. The Bertz CT molecular complexity index is 1030. The number of aromatic nitrogens is 3. The minimum atomic E-state index is -0.263. The summed E-state index contributed by atoms with van der Waals surface area (Å²) in [5, 5.41) is 8.51. The average Bonchev–Trinajstić information content (AvgIpc) is 3.30. The van der Waals surface area contributed by atoms with E-state index in [0.29, 0.717) is 45.3 Å². The number of hydrogen-bond donors (Lipinski definition) is 1. The molecule has 0 spiro atoms. The first kappa shape index (κ1) is 19.1. The largest absolute Gasteiger partial charge is 0.496 e. The van der Waals surface area contributed by atoms with Gasteiger partial charge in [-0.2, -0.15) is 0 Å². The van der Waals surface area contributed by atoms with Crippen LogP contribution in [-0.2, 0) is 4.79 Å². The number of anilines is 1. The normalized spacial score (nSPS) is 16.6. The van der Waals surface area contributed by atoms with Gasteiger partial charge in [0.2, 0.25) is 11.1 Å². The summed E-state index contributed by atoms with van der Waals surface area (Å²) in [4.78, 5) is 19.0. The Hall–Kier alpha value is -2.22. The molecule has 0 radical (unpaired) electrons. The highest BCUT2D eigenvalue weighted by molar-refractivity contribution is 8.00. The average molecular weight is 435 g/mol. The van der Waals surface area contributed by atoms with E-state index in [9.17, 15) is 4.79 Å². The number of methoxy groups -OCH3 is 1. The smallest absolute Gasteiger partial charge is 0.240 e. The highest BCUT2D eigenvalue weighted by Gasteiger charge is 2.35.